The maximum absolute atomic E-state index is 12.0. The van der Waals surface area contributed by atoms with E-state index >= 15 is 0 Å². The molecule has 0 saturated carbocycles. The van der Waals surface area contributed by atoms with Crippen LogP contribution in [0.25, 0.3) is 0 Å². The summed E-state index contributed by atoms with van der Waals surface area (Å²) >= 11 is 6.66. The van der Waals surface area contributed by atoms with Crippen molar-refractivity contribution in [2.45, 2.75) is 16.9 Å². The summed E-state index contributed by atoms with van der Waals surface area (Å²) in [6.45, 7) is 0.155. The minimum Gasteiger partial charge on any atom is -0.479 e. The maximum atomic E-state index is 12.0. The fourth-order valence-corrected chi connectivity index (χ4v) is 3.06. The first kappa shape index (κ1) is 17.5. The fraction of sp³-hybridized carbons (Fsp3) is 0.385. The number of carbonyl (C=O) groups is 2. The van der Waals surface area contributed by atoms with Crippen LogP contribution in [0.4, 0.5) is 5.69 Å². The first-order valence-corrected chi connectivity index (χ1v) is 7.89. The standard InChI is InChI=1S/C13H13ClN2O6S/c14-8-1-2-10(9(5-8)16(20)21)23-6-11(17)15-13(12(18)19)3-4-22-7-13/h1-2,5H,3-4,6-7H2,(H,15,17)(H,18,19). The van der Waals surface area contributed by atoms with E-state index in [-0.39, 0.29) is 41.0 Å². The van der Waals surface area contributed by atoms with Crippen molar-refractivity contribution < 1.29 is 24.4 Å². The summed E-state index contributed by atoms with van der Waals surface area (Å²) in [7, 11) is 0. The molecule has 2 N–H and O–H groups in total. The fourth-order valence-electron chi connectivity index (χ4n) is 2.09. The van der Waals surface area contributed by atoms with E-state index in [0.717, 1.165) is 11.8 Å². The highest BCUT2D eigenvalue weighted by Crippen LogP contribution is 2.31. The van der Waals surface area contributed by atoms with Crippen molar-refractivity contribution in [1.29, 1.82) is 0 Å². The Bertz CT molecular complexity index is 647. The molecule has 0 aromatic heterocycles. The summed E-state index contributed by atoms with van der Waals surface area (Å²) in [4.78, 5) is 34.0. The maximum Gasteiger partial charge on any atom is 0.331 e. The summed E-state index contributed by atoms with van der Waals surface area (Å²) in [5, 5.41) is 22.9. The van der Waals surface area contributed by atoms with Crippen LogP contribution in [0.5, 0.6) is 0 Å². The van der Waals surface area contributed by atoms with Gasteiger partial charge in [-0.1, -0.05) is 11.6 Å². The Morgan fingerprint density at radius 3 is 2.83 bits per heavy atom. The number of nitrogens with one attached hydrogen (secondary N) is 1. The first-order valence-electron chi connectivity index (χ1n) is 6.53. The summed E-state index contributed by atoms with van der Waals surface area (Å²) in [5.41, 5.74) is -1.63. The summed E-state index contributed by atoms with van der Waals surface area (Å²) < 4.78 is 5.04. The number of hydrogen-bond donors (Lipinski definition) is 2. The van der Waals surface area contributed by atoms with Crippen molar-refractivity contribution >= 4 is 40.9 Å². The van der Waals surface area contributed by atoms with E-state index in [0.29, 0.717) is 0 Å². The lowest BCUT2D eigenvalue weighted by atomic mass is 9.99. The topological polar surface area (TPSA) is 119 Å². The number of aliphatic carboxylic acids is 1. The highest BCUT2D eigenvalue weighted by Gasteiger charge is 2.43. The minimum atomic E-state index is -1.43. The summed E-state index contributed by atoms with van der Waals surface area (Å²) in [6, 6.07) is 4.13. The van der Waals surface area contributed by atoms with E-state index in [2.05, 4.69) is 5.32 Å². The Kier molecular flexibility index (Phi) is 5.45. The molecule has 1 aliphatic rings. The lowest BCUT2D eigenvalue weighted by molar-refractivity contribution is -0.387. The van der Waals surface area contributed by atoms with Gasteiger partial charge in [-0.05, 0) is 12.1 Å². The number of benzene rings is 1. The predicted molar refractivity (Wildman–Crippen MR) is 82.8 cm³/mol. The zero-order valence-electron chi connectivity index (χ0n) is 11.8. The van der Waals surface area contributed by atoms with Crippen molar-refractivity contribution in [1.82, 2.24) is 5.32 Å². The number of ether oxygens (including phenoxy) is 1. The summed E-state index contributed by atoms with van der Waals surface area (Å²) in [6.07, 6.45) is 0.180. The molecule has 0 aliphatic carbocycles. The van der Waals surface area contributed by atoms with Crippen LogP contribution in [-0.4, -0.2) is 46.4 Å². The number of nitro benzene ring substituents is 1. The average Bonchev–Trinajstić information content (AvgIpc) is 2.95. The third kappa shape index (κ3) is 4.12. The lowest BCUT2D eigenvalue weighted by Crippen LogP contribution is -2.55. The van der Waals surface area contributed by atoms with Crippen LogP contribution in [0.15, 0.2) is 23.1 Å². The largest absolute Gasteiger partial charge is 0.479 e. The lowest BCUT2D eigenvalue weighted by Gasteiger charge is -2.23. The highest BCUT2D eigenvalue weighted by molar-refractivity contribution is 8.00. The van der Waals surface area contributed by atoms with E-state index < -0.39 is 22.3 Å². The van der Waals surface area contributed by atoms with E-state index in [4.69, 9.17) is 16.3 Å². The van der Waals surface area contributed by atoms with Crippen LogP contribution in [-0.2, 0) is 14.3 Å². The Morgan fingerprint density at radius 1 is 1.52 bits per heavy atom. The second kappa shape index (κ2) is 7.16. The molecule has 0 radical (unpaired) electrons. The zero-order valence-corrected chi connectivity index (χ0v) is 13.4. The zero-order chi connectivity index (χ0) is 17.0. The molecule has 0 bridgehead atoms. The van der Waals surface area contributed by atoms with Crippen LogP contribution >= 0.6 is 23.4 Å². The molecule has 1 aromatic rings. The first-order chi connectivity index (χ1) is 10.8. The normalized spacial score (nSPS) is 20.2. The Labute approximate surface area is 140 Å². The van der Waals surface area contributed by atoms with Gasteiger partial charge in [0.25, 0.3) is 5.69 Å². The summed E-state index contributed by atoms with van der Waals surface area (Å²) in [5.74, 6) is -1.85. The molecule has 8 nitrogen and oxygen atoms in total. The van der Waals surface area contributed by atoms with Crippen molar-refractivity contribution in [2.24, 2.45) is 0 Å². The van der Waals surface area contributed by atoms with Crippen molar-refractivity contribution in [2.75, 3.05) is 19.0 Å². The molecule has 2 rings (SSSR count). The Morgan fingerprint density at radius 2 is 2.26 bits per heavy atom. The molecule has 1 unspecified atom stereocenters. The molecule has 1 heterocycles. The van der Waals surface area contributed by atoms with E-state index in [1.807, 2.05) is 0 Å². The second-order valence-corrected chi connectivity index (χ2v) is 6.35. The average molecular weight is 361 g/mol. The van der Waals surface area contributed by atoms with Crippen molar-refractivity contribution in [3.8, 4) is 0 Å². The van der Waals surface area contributed by atoms with Crippen LogP contribution in [0.3, 0.4) is 0 Å². The molecule has 1 aromatic carbocycles. The van der Waals surface area contributed by atoms with Gasteiger partial charge in [0.05, 0.1) is 22.2 Å². The number of carbonyl (C=O) groups excluding carboxylic acids is 1. The van der Waals surface area contributed by atoms with Crippen LogP contribution < -0.4 is 5.32 Å². The molecule has 1 amide bonds. The third-order valence-electron chi connectivity index (χ3n) is 3.29. The molecule has 0 spiro atoms. The molecule has 1 fully saturated rings. The highest BCUT2D eigenvalue weighted by atomic mass is 35.5. The van der Waals surface area contributed by atoms with E-state index in [1.165, 1.54) is 18.2 Å². The SMILES string of the molecule is O=C(CSc1ccc(Cl)cc1[N+](=O)[O-])NC1(C(=O)O)CCOC1. The molecule has 10 heteroatoms. The third-order valence-corrected chi connectivity index (χ3v) is 4.58. The molecule has 1 aliphatic heterocycles. The number of hydrogen-bond acceptors (Lipinski definition) is 6. The van der Waals surface area contributed by atoms with E-state index in [1.54, 1.807) is 0 Å². The molecular formula is C13H13ClN2O6S. The number of amides is 1. The van der Waals surface area contributed by atoms with Gasteiger partial charge in [0.15, 0.2) is 5.54 Å². The van der Waals surface area contributed by atoms with Crippen molar-refractivity contribution in [3.63, 3.8) is 0 Å². The van der Waals surface area contributed by atoms with Gasteiger partial charge in [-0.25, -0.2) is 4.79 Å². The molecule has 23 heavy (non-hydrogen) atoms. The number of thioether (sulfide) groups is 1. The van der Waals surface area contributed by atoms with Gasteiger partial charge in [0.2, 0.25) is 5.91 Å². The number of halogens is 1. The van der Waals surface area contributed by atoms with Crippen molar-refractivity contribution in [3.05, 3.63) is 33.3 Å². The van der Waals surface area contributed by atoms with E-state index in [9.17, 15) is 24.8 Å². The molecule has 1 saturated heterocycles. The Hall–Kier alpha value is -1.84. The van der Waals surface area contributed by atoms with Gasteiger partial charge < -0.3 is 15.2 Å². The van der Waals surface area contributed by atoms with Gasteiger partial charge in [-0.15, -0.1) is 11.8 Å². The molecule has 1 atom stereocenters. The van der Waals surface area contributed by atoms with Gasteiger partial charge in [-0.3, -0.25) is 14.9 Å². The van der Waals surface area contributed by atoms with Gasteiger partial charge in [0, 0.05) is 24.1 Å². The van der Waals surface area contributed by atoms with Crippen LogP contribution in [0.1, 0.15) is 6.42 Å². The quantitative estimate of drug-likeness (QED) is 0.450. The van der Waals surface area contributed by atoms with Gasteiger partial charge in [0.1, 0.15) is 0 Å². The molecular weight excluding hydrogens is 348 g/mol. The number of carboxylic acid groups (broad SMARTS) is 1. The number of carboxylic acids is 1. The smallest absolute Gasteiger partial charge is 0.331 e. The molecule has 124 valence electrons. The second-order valence-electron chi connectivity index (χ2n) is 4.90. The van der Waals surface area contributed by atoms with Gasteiger partial charge >= 0.3 is 5.97 Å². The van der Waals surface area contributed by atoms with Crippen LogP contribution in [0.2, 0.25) is 5.02 Å². The number of nitrogens with zero attached hydrogens (tertiary/aromatic N) is 1. The van der Waals surface area contributed by atoms with Gasteiger partial charge in [-0.2, -0.15) is 0 Å². The van der Waals surface area contributed by atoms with Crippen LogP contribution in [0, 0.1) is 10.1 Å². The monoisotopic (exact) mass is 360 g/mol. The predicted octanol–water partition coefficient (Wildman–Crippen LogP) is 1.70. The number of rotatable bonds is 6. The number of nitro groups is 1. The minimum absolute atomic E-state index is 0.0974. The Balaban J connectivity index is 2.02.